The topological polar surface area (TPSA) is 191 Å². The SMILES string of the molecule is O=c1[nH]c(-c2ccccc2OP(=O)([O-])[O-])nc2ccc([125I])cc12.[NH4+].[NH4+]. The Bertz CT molecular complexity index is 1000. The van der Waals surface area contributed by atoms with E-state index in [4.69, 9.17) is 0 Å². The van der Waals surface area contributed by atoms with Gasteiger partial charge in [-0.1, -0.05) is 12.1 Å². The molecule has 1 heterocycles. The summed E-state index contributed by atoms with van der Waals surface area (Å²) < 4.78 is 16.2. The number of hydrogen-bond acceptors (Lipinski definition) is 6. The van der Waals surface area contributed by atoms with Gasteiger partial charge in [-0.25, -0.2) is 4.98 Å². The maximum atomic E-state index is 12.2. The maximum Gasteiger partial charge on any atom is 0.259 e. The monoisotopic (exact) mass is 476 g/mol. The summed E-state index contributed by atoms with van der Waals surface area (Å²) in [6, 6.07) is 11.1. The minimum atomic E-state index is -5.22. The summed E-state index contributed by atoms with van der Waals surface area (Å²) in [6.45, 7) is 0. The molecule has 0 aliphatic rings. The molecule has 3 rings (SSSR count). The van der Waals surface area contributed by atoms with Gasteiger partial charge in [-0.05, 0) is 52.9 Å². The first-order valence-electron chi connectivity index (χ1n) is 6.34. The average Bonchev–Trinajstić information content (AvgIpc) is 2.47. The zero-order valence-electron chi connectivity index (χ0n) is 13.4. The molecule has 9 nitrogen and oxygen atoms in total. The van der Waals surface area contributed by atoms with Crippen molar-refractivity contribution in [2.45, 2.75) is 0 Å². The lowest BCUT2D eigenvalue weighted by atomic mass is 10.1. The summed E-state index contributed by atoms with van der Waals surface area (Å²) in [6.07, 6.45) is 0. The second-order valence-corrected chi connectivity index (χ2v) is 6.93. The molecule has 0 aliphatic carbocycles. The Morgan fingerprint density at radius 3 is 2.48 bits per heavy atom. The van der Waals surface area contributed by atoms with Crippen LogP contribution in [0.5, 0.6) is 5.75 Å². The minimum absolute atomic E-state index is 0. The van der Waals surface area contributed by atoms with Gasteiger partial charge in [0.25, 0.3) is 5.56 Å². The summed E-state index contributed by atoms with van der Waals surface area (Å²) in [4.78, 5) is 40.8. The molecule has 0 fully saturated rings. The van der Waals surface area contributed by atoms with E-state index in [1.807, 2.05) is 0 Å². The summed E-state index contributed by atoms with van der Waals surface area (Å²) in [5.41, 5.74) is 0.286. The molecule has 0 bridgehead atoms. The van der Waals surface area contributed by atoms with Gasteiger partial charge in [-0.2, -0.15) is 0 Å². The molecule has 0 amide bonds. The van der Waals surface area contributed by atoms with Crippen LogP contribution in [0.15, 0.2) is 47.3 Å². The van der Waals surface area contributed by atoms with Gasteiger partial charge in [-0.15, -0.1) is 0 Å². The summed E-state index contributed by atoms with van der Waals surface area (Å²) in [5.74, 6) is -0.0680. The first kappa shape index (κ1) is 21.2. The van der Waals surface area contributed by atoms with E-state index >= 15 is 0 Å². The quantitative estimate of drug-likeness (QED) is 0.383. The third-order valence-corrected chi connectivity index (χ3v) is 4.11. The number of rotatable bonds is 3. The summed E-state index contributed by atoms with van der Waals surface area (Å²) in [7, 11) is -5.22. The largest absolute Gasteiger partial charge is 0.780 e. The lowest BCUT2D eigenvalue weighted by Gasteiger charge is -2.29. The van der Waals surface area contributed by atoms with Gasteiger partial charge in [0.2, 0.25) is 0 Å². The Morgan fingerprint density at radius 2 is 1.80 bits per heavy atom. The van der Waals surface area contributed by atoms with Crippen molar-refractivity contribution in [1.82, 2.24) is 22.3 Å². The van der Waals surface area contributed by atoms with Gasteiger partial charge in [0, 0.05) is 3.57 Å². The van der Waals surface area contributed by atoms with E-state index in [0.29, 0.717) is 10.9 Å². The Morgan fingerprint density at radius 1 is 1.12 bits per heavy atom. The first-order chi connectivity index (χ1) is 10.8. The van der Waals surface area contributed by atoms with E-state index in [9.17, 15) is 19.1 Å². The van der Waals surface area contributed by atoms with Crippen LogP contribution in [-0.4, -0.2) is 9.97 Å². The number of phosphoric acid groups is 1. The zero-order valence-corrected chi connectivity index (χ0v) is 16.4. The van der Waals surface area contributed by atoms with Crippen molar-refractivity contribution in [3.8, 4) is 17.1 Å². The summed E-state index contributed by atoms with van der Waals surface area (Å²) >= 11 is 2.08. The standard InChI is InChI=1S/C14H10IN2O5P.2H3N/c15-8-5-6-11-10(7-8)14(18)17-13(16-11)9-3-1-2-4-12(9)22-23(19,20)21;;/h1-7H,(H,16,17,18)(H2,19,20,21);2*1H3/i15-2;;. The van der Waals surface area contributed by atoms with Gasteiger partial charge >= 0.3 is 0 Å². The molecule has 0 saturated heterocycles. The molecule has 9 N–H and O–H groups in total. The average molecular weight is 476 g/mol. The molecule has 25 heavy (non-hydrogen) atoms. The zero-order chi connectivity index (χ0) is 16.6. The van der Waals surface area contributed by atoms with Crippen LogP contribution in [0.4, 0.5) is 0 Å². The Kier molecular flexibility index (Phi) is 6.82. The fourth-order valence-corrected chi connectivity index (χ4v) is 2.99. The van der Waals surface area contributed by atoms with Crippen molar-refractivity contribution in [3.63, 3.8) is 0 Å². The van der Waals surface area contributed by atoms with Gasteiger partial charge in [-0.3, -0.25) is 4.79 Å². The van der Waals surface area contributed by atoms with Crippen molar-refractivity contribution >= 4 is 41.3 Å². The van der Waals surface area contributed by atoms with Crippen molar-refractivity contribution in [2.75, 3.05) is 0 Å². The smallest absolute Gasteiger partial charge is 0.259 e. The van der Waals surface area contributed by atoms with E-state index in [0.717, 1.165) is 3.57 Å². The number of quaternary nitrogens is 2. The third-order valence-electron chi connectivity index (χ3n) is 3.02. The molecule has 134 valence electrons. The normalized spacial score (nSPS) is 10.7. The molecule has 11 heteroatoms. The molecule has 0 unspecified atom stereocenters. The predicted octanol–water partition coefficient (Wildman–Crippen LogP) is 2.15. The first-order valence-corrected chi connectivity index (χ1v) is 8.88. The number of phosphoric ester groups is 1. The maximum absolute atomic E-state index is 12.2. The number of nitrogens with zero attached hydrogens (tertiary/aromatic N) is 1. The van der Waals surface area contributed by atoms with E-state index in [2.05, 4.69) is 37.1 Å². The Labute approximate surface area is 156 Å². The number of H-pyrrole nitrogens is 1. The van der Waals surface area contributed by atoms with E-state index in [-0.39, 0.29) is 35.0 Å². The number of para-hydroxylation sites is 1. The van der Waals surface area contributed by atoms with E-state index in [1.165, 1.54) is 18.2 Å². The number of aromatic nitrogens is 2. The second kappa shape index (κ2) is 8.04. The molecular formula is C14H16IN4O5P. The molecule has 0 spiro atoms. The van der Waals surface area contributed by atoms with Gasteiger partial charge < -0.3 is 36.2 Å². The van der Waals surface area contributed by atoms with Gasteiger partial charge in [0.05, 0.1) is 16.5 Å². The predicted molar refractivity (Wildman–Crippen MR) is 101 cm³/mol. The Balaban J connectivity index is 0.00000156. The van der Waals surface area contributed by atoms with Crippen LogP contribution in [0, 0.1) is 3.57 Å². The number of aromatic amines is 1. The number of benzene rings is 2. The molecule has 0 saturated carbocycles. The van der Waals surface area contributed by atoms with Crippen LogP contribution in [0.1, 0.15) is 0 Å². The number of fused-ring (bicyclic) bond motifs is 1. The van der Waals surface area contributed by atoms with Gasteiger partial charge in [0.1, 0.15) is 19.4 Å². The van der Waals surface area contributed by atoms with Crippen LogP contribution in [0.3, 0.4) is 0 Å². The van der Waals surface area contributed by atoms with Crippen LogP contribution in [0.2, 0.25) is 0 Å². The highest BCUT2D eigenvalue weighted by Gasteiger charge is 2.12. The van der Waals surface area contributed by atoms with Gasteiger partial charge in [0.15, 0.2) is 0 Å². The molecule has 2 aromatic carbocycles. The van der Waals surface area contributed by atoms with Crippen molar-refractivity contribution in [1.29, 1.82) is 0 Å². The molecule has 0 radical (unpaired) electrons. The molecule has 1 aromatic heterocycles. The highest BCUT2D eigenvalue weighted by Crippen LogP contribution is 2.35. The fourth-order valence-electron chi connectivity index (χ4n) is 2.10. The van der Waals surface area contributed by atoms with Crippen molar-refractivity contribution in [2.24, 2.45) is 0 Å². The van der Waals surface area contributed by atoms with Crippen molar-refractivity contribution in [3.05, 3.63) is 56.4 Å². The number of halogens is 1. The van der Waals surface area contributed by atoms with Crippen LogP contribution in [-0.2, 0) is 4.57 Å². The fraction of sp³-hybridized carbons (Fsp3) is 0. The van der Waals surface area contributed by atoms with Crippen LogP contribution >= 0.6 is 30.4 Å². The van der Waals surface area contributed by atoms with E-state index < -0.39 is 7.82 Å². The second-order valence-electron chi connectivity index (χ2n) is 4.61. The number of hydrogen-bond donors (Lipinski definition) is 3. The van der Waals surface area contributed by atoms with Crippen LogP contribution in [0.25, 0.3) is 22.3 Å². The molecule has 0 atom stereocenters. The number of nitrogens with one attached hydrogen (secondary N) is 1. The lowest BCUT2D eigenvalue weighted by molar-refractivity contribution is -0.333. The molecule has 3 aromatic rings. The Hall–Kier alpha value is -1.82. The van der Waals surface area contributed by atoms with Crippen LogP contribution < -0.4 is 32.2 Å². The van der Waals surface area contributed by atoms with E-state index in [1.54, 1.807) is 24.3 Å². The van der Waals surface area contributed by atoms with Crippen molar-refractivity contribution < 1.29 is 18.9 Å². The summed E-state index contributed by atoms with van der Waals surface area (Å²) in [5, 5.41) is 0.414. The lowest BCUT2D eigenvalue weighted by Crippen LogP contribution is -2.19. The highest BCUT2D eigenvalue weighted by atomic mass is 125. The molecule has 0 aliphatic heterocycles. The highest BCUT2D eigenvalue weighted by molar-refractivity contribution is 14.1. The third kappa shape index (κ3) is 4.84. The minimum Gasteiger partial charge on any atom is -0.780 e. The molecular weight excluding hydrogens is 460 g/mol.